The molecule has 3 atom stereocenters. The first kappa shape index (κ1) is 12.8. The van der Waals surface area contributed by atoms with Gasteiger partial charge in [0, 0.05) is 6.54 Å². The van der Waals surface area contributed by atoms with Gasteiger partial charge in [0.25, 0.3) is 0 Å². The van der Waals surface area contributed by atoms with Crippen LogP contribution in [0.5, 0.6) is 0 Å². The monoisotopic (exact) mass is 261 g/mol. The molecule has 6 heteroatoms. The molecule has 2 rings (SSSR count). The number of carbonyl (C=O) groups is 1. The van der Waals surface area contributed by atoms with E-state index < -0.39 is 9.84 Å². The Kier molecular flexibility index (Phi) is 3.73. The second-order valence-electron chi connectivity index (χ2n) is 4.88. The molecule has 1 N–H and O–H groups in total. The van der Waals surface area contributed by atoms with Crippen molar-refractivity contribution in [2.45, 2.75) is 37.0 Å². The number of hydrogen-bond donors (Lipinski definition) is 1. The topological polar surface area (TPSA) is 72.5 Å². The molecule has 0 amide bonds. The Labute approximate surface area is 102 Å². The van der Waals surface area contributed by atoms with E-state index in [0.717, 1.165) is 19.3 Å². The van der Waals surface area contributed by atoms with Gasteiger partial charge in [-0.3, -0.25) is 4.79 Å². The number of sulfone groups is 1. The summed E-state index contributed by atoms with van der Waals surface area (Å²) in [6, 6.07) is -0.331. The largest absolute Gasteiger partial charge is 0.468 e. The predicted molar refractivity (Wildman–Crippen MR) is 63.3 cm³/mol. The molecule has 2 fully saturated rings. The lowest BCUT2D eigenvalue weighted by molar-refractivity contribution is -0.142. The van der Waals surface area contributed by atoms with Crippen LogP contribution in [-0.2, 0) is 19.4 Å². The number of rotatable bonds is 2. The van der Waals surface area contributed by atoms with Gasteiger partial charge in [0.2, 0.25) is 0 Å². The van der Waals surface area contributed by atoms with E-state index in [0.29, 0.717) is 18.7 Å². The van der Waals surface area contributed by atoms with Gasteiger partial charge >= 0.3 is 5.97 Å². The Morgan fingerprint density at radius 1 is 1.35 bits per heavy atom. The standard InChI is InChI=1S/C11H19NO4S/c1-16-11(13)9-6-8(7-12-9)10-4-2-3-5-17(10,14)15/h8-10,12H,2-7H2,1H3. The summed E-state index contributed by atoms with van der Waals surface area (Å²) in [6.07, 6.45) is 3.07. The molecule has 0 aromatic rings. The van der Waals surface area contributed by atoms with Gasteiger partial charge in [0.1, 0.15) is 6.04 Å². The zero-order valence-corrected chi connectivity index (χ0v) is 10.8. The number of hydrogen-bond acceptors (Lipinski definition) is 5. The summed E-state index contributed by atoms with van der Waals surface area (Å²) in [6.45, 7) is 0.601. The highest BCUT2D eigenvalue weighted by Gasteiger charge is 2.41. The SMILES string of the molecule is COC(=O)C1CC(C2CCCCS2(=O)=O)CN1. The van der Waals surface area contributed by atoms with Gasteiger partial charge in [-0.2, -0.15) is 0 Å². The number of nitrogens with one attached hydrogen (secondary N) is 1. The average molecular weight is 261 g/mol. The Bertz CT molecular complexity index is 392. The molecule has 5 nitrogen and oxygen atoms in total. The fraction of sp³-hybridized carbons (Fsp3) is 0.909. The maximum absolute atomic E-state index is 12.0. The Morgan fingerprint density at radius 2 is 2.12 bits per heavy atom. The molecule has 2 saturated heterocycles. The molecule has 98 valence electrons. The van der Waals surface area contributed by atoms with Crippen LogP contribution in [0.15, 0.2) is 0 Å². The lowest BCUT2D eigenvalue weighted by atomic mass is 9.97. The zero-order valence-electron chi connectivity index (χ0n) is 10.0. The van der Waals surface area contributed by atoms with Crippen LogP contribution in [0.2, 0.25) is 0 Å². The van der Waals surface area contributed by atoms with Gasteiger partial charge in [-0.05, 0) is 25.2 Å². The zero-order chi connectivity index (χ0) is 12.5. The van der Waals surface area contributed by atoms with Crippen molar-refractivity contribution < 1.29 is 17.9 Å². The van der Waals surface area contributed by atoms with Crippen molar-refractivity contribution in [2.24, 2.45) is 5.92 Å². The van der Waals surface area contributed by atoms with Crippen LogP contribution in [0.4, 0.5) is 0 Å². The summed E-state index contributed by atoms with van der Waals surface area (Å²) >= 11 is 0. The van der Waals surface area contributed by atoms with E-state index in [1.54, 1.807) is 0 Å². The molecular formula is C11H19NO4S. The van der Waals surface area contributed by atoms with Crippen molar-refractivity contribution in [2.75, 3.05) is 19.4 Å². The quantitative estimate of drug-likeness (QED) is 0.714. The van der Waals surface area contributed by atoms with E-state index in [9.17, 15) is 13.2 Å². The van der Waals surface area contributed by atoms with Crippen LogP contribution in [0, 0.1) is 5.92 Å². The molecule has 0 aliphatic carbocycles. The van der Waals surface area contributed by atoms with Gasteiger partial charge in [0.05, 0.1) is 18.1 Å². The predicted octanol–water partition coefficient (Wildman–Crippen LogP) is 0.105. The fourth-order valence-corrected chi connectivity index (χ4v) is 5.11. The summed E-state index contributed by atoms with van der Waals surface area (Å²) in [5.74, 6) is 0.0713. The van der Waals surface area contributed by atoms with Gasteiger partial charge in [-0.15, -0.1) is 0 Å². The van der Waals surface area contributed by atoms with Crippen LogP contribution in [0.1, 0.15) is 25.7 Å². The van der Waals surface area contributed by atoms with E-state index in [2.05, 4.69) is 10.1 Å². The minimum atomic E-state index is -2.95. The van der Waals surface area contributed by atoms with Crippen LogP contribution in [0.25, 0.3) is 0 Å². The number of carbonyl (C=O) groups excluding carboxylic acids is 1. The maximum atomic E-state index is 12.0. The van der Waals surface area contributed by atoms with E-state index in [-0.39, 0.29) is 23.2 Å². The third-order valence-electron chi connectivity index (χ3n) is 3.81. The van der Waals surface area contributed by atoms with Crippen molar-refractivity contribution >= 4 is 15.8 Å². The summed E-state index contributed by atoms with van der Waals surface area (Å²) in [7, 11) is -1.60. The van der Waals surface area contributed by atoms with Gasteiger partial charge in [-0.1, -0.05) is 6.42 Å². The lowest BCUT2D eigenvalue weighted by Crippen LogP contribution is -2.36. The van der Waals surface area contributed by atoms with Gasteiger partial charge in [-0.25, -0.2) is 8.42 Å². The minimum absolute atomic E-state index is 0.0596. The number of ether oxygens (including phenoxy) is 1. The normalized spacial score (nSPS) is 36.6. The minimum Gasteiger partial charge on any atom is -0.468 e. The molecule has 0 bridgehead atoms. The van der Waals surface area contributed by atoms with E-state index >= 15 is 0 Å². The molecule has 2 aliphatic heterocycles. The number of methoxy groups -OCH3 is 1. The van der Waals surface area contributed by atoms with Crippen molar-refractivity contribution in [3.63, 3.8) is 0 Å². The fourth-order valence-electron chi connectivity index (χ4n) is 2.88. The van der Waals surface area contributed by atoms with Gasteiger partial charge in [0.15, 0.2) is 9.84 Å². The Balaban J connectivity index is 2.02. The first-order valence-electron chi connectivity index (χ1n) is 6.07. The lowest BCUT2D eigenvalue weighted by Gasteiger charge is -2.26. The first-order chi connectivity index (χ1) is 8.04. The summed E-state index contributed by atoms with van der Waals surface area (Å²) in [5, 5.41) is 2.79. The first-order valence-corrected chi connectivity index (χ1v) is 7.79. The van der Waals surface area contributed by atoms with Crippen LogP contribution in [0.3, 0.4) is 0 Å². The molecule has 2 aliphatic rings. The molecule has 0 radical (unpaired) electrons. The second kappa shape index (κ2) is 4.94. The van der Waals surface area contributed by atoms with Crippen LogP contribution in [-0.4, -0.2) is 45.1 Å². The smallest absolute Gasteiger partial charge is 0.322 e. The molecule has 17 heavy (non-hydrogen) atoms. The average Bonchev–Trinajstić information content (AvgIpc) is 2.76. The molecule has 0 saturated carbocycles. The van der Waals surface area contributed by atoms with E-state index in [1.807, 2.05) is 0 Å². The van der Waals surface area contributed by atoms with Crippen molar-refractivity contribution in [3.05, 3.63) is 0 Å². The van der Waals surface area contributed by atoms with Crippen LogP contribution >= 0.6 is 0 Å². The Morgan fingerprint density at radius 3 is 2.76 bits per heavy atom. The van der Waals surface area contributed by atoms with Crippen molar-refractivity contribution in [1.82, 2.24) is 5.32 Å². The Hall–Kier alpha value is -0.620. The van der Waals surface area contributed by atoms with E-state index in [1.165, 1.54) is 7.11 Å². The highest BCUT2D eigenvalue weighted by Crippen LogP contribution is 2.31. The third kappa shape index (κ3) is 2.63. The van der Waals surface area contributed by atoms with Gasteiger partial charge < -0.3 is 10.1 Å². The second-order valence-corrected chi connectivity index (χ2v) is 7.22. The van der Waals surface area contributed by atoms with E-state index in [4.69, 9.17) is 0 Å². The maximum Gasteiger partial charge on any atom is 0.322 e. The molecular weight excluding hydrogens is 242 g/mol. The third-order valence-corrected chi connectivity index (χ3v) is 6.21. The molecule has 0 aromatic carbocycles. The molecule has 0 aromatic heterocycles. The highest BCUT2D eigenvalue weighted by molar-refractivity contribution is 7.92. The summed E-state index contributed by atoms with van der Waals surface area (Å²) < 4.78 is 28.6. The van der Waals surface area contributed by atoms with Crippen LogP contribution < -0.4 is 5.32 Å². The molecule has 2 heterocycles. The number of esters is 1. The highest BCUT2D eigenvalue weighted by atomic mass is 32.2. The summed E-state index contributed by atoms with van der Waals surface area (Å²) in [5.41, 5.74) is 0. The van der Waals surface area contributed by atoms with Crippen molar-refractivity contribution in [1.29, 1.82) is 0 Å². The molecule has 3 unspecified atom stereocenters. The molecule has 0 spiro atoms. The van der Waals surface area contributed by atoms with Crippen molar-refractivity contribution in [3.8, 4) is 0 Å². The summed E-state index contributed by atoms with van der Waals surface area (Å²) in [4.78, 5) is 11.4.